The van der Waals surface area contributed by atoms with Crippen molar-refractivity contribution < 1.29 is 4.42 Å². The van der Waals surface area contributed by atoms with Gasteiger partial charge in [0.2, 0.25) is 0 Å². The van der Waals surface area contributed by atoms with E-state index in [1.54, 1.807) is 6.26 Å². The second-order valence-corrected chi connectivity index (χ2v) is 8.12. The molecule has 140 valence electrons. The number of hydrogen-bond acceptors (Lipinski definition) is 3. The van der Waals surface area contributed by atoms with Crippen LogP contribution in [0.2, 0.25) is 0 Å². The Kier molecular flexibility index (Phi) is 7.17. The van der Waals surface area contributed by atoms with Crippen LogP contribution in [0.15, 0.2) is 22.8 Å². The quantitative estimate of drug-likeness (QED) is 0.812. The summed E-state index contributed by atoms with van der Waals surface area (Å²) < 4.78 is 5.61. The van der Waals surface area contributed by atoms with Gasteiger partial charge in [-0.2, -0.15) is 0 Å². The molecule has 0 atom stereocenters. The third-order valence-corrected chi connectivity index (χ3v) is 6.08. The predicted octanol–water partition coefficient (Wildman–Crippen LogP) is 4.16. The molecule has 0 bridgehead atoms. The van der Waals surface area contributed by atoms with Gasteiger partial charge in [-0.1, -0.05) is 32.1 Å². The summed E-state index contributed by atoms with van der Waals surface area (Å²) in [5.74, 6) is 1.00. The summed E-state index contributed by atoms with van der Waals surface area (Å²) in [7, 11) is 2.21. The van der Waals surface area contributed by atoms with Crippen LogP contribution >= 0.6 is 12.2 Å². The molecule has 0 amide bonds. The van der Waals surface area contributed by atoms with Crippen LogP contribution in [0.3, 0.4) is 0 Å². The molecule has 2 fully saturated rings. The average molecular weight is 364 g/mol. The van der Waals surface area contributed by atoms with Crippen LogP contribution in [-0.2, 0) is 6.54 Å². The highest BCUT2D eigenvalue weighted by molar-refractivity contribution is 7.80. The van der Waals surface area contributed by atoms with E-state index in [0.29, 0.717) is 12.1 Å². The highest BCUT2D eigenvalue weighted by Crippen LogP contribution is 2.21. The fraction of sp³-hybridized carbons (Fsp3) is 0.750. The van der Waals surface area contributed by atoms with Gasteiger partial charge >= 0.3 is 0 Å². The maximum atomic E-state index is 5.88. The van der Waals surface area contributed by atoms with Gasteiger partial charge in [0.05, 0.1) is 12.8 Å². The van der Waals surface area contributed by atoms with Gasteiger partial charge in [-0.25, -0.2) is 0 Å². The SMILES string of the molecule is CN1CCC(N(Cc2ccco2)C(=S)NC2CCCCCCC2)CC1. The summed E-state index contributed by atoms with van der Waals surface area (Å²) in [5.41, 5.74) is 0. The molecule has 1 aliphatic carbocycles. The first-order valence-corrected chi connectivity index (χ1v) is 10.4. The molecule has 0 unspecified atom stereocenters. The van der Waals surface area contributed by atoms with E-state index >= 15 is 0 Å². The lowest BCUT2D eigenvalue weighted by molar-refractivity contribution is 0.163. The second-order valence-electron chi connectivity index (χ2n) is 7.73. The lowest BCUT2D eigenvalue weighted by atomic mass is 9.97. The van der Waals surface area contributed by atoms with Crippen molar-refractivity contribution in [3.8, 4) is 0 Å². The summed E-state index contributed by atoms with van der Waals surface area (Å²) in [5, 5.41) is 4.64. The van der Waals surface area contributed by atoms with Crippen molar-refractivity contribution in [2.75, 3.05) is 20.1 Å². The largest absolute Gasteiger partial charge is 0.467 e. The van der Waals surface area contributed by atoms with Gasteiger partial charge in [-0.15, -0.1) is 0 Å². The Bertz CT molecular complexity index is 503. The van der Waals surface area contributed by atoms with Gasteiger partial charge in [-0.3, -0.25) is 0 Å². The van der Waals surface area contributed by atoms with Gasteiger partial charge in [0.15, 0.2) is 5.11 Å². The molecule has 5 heteroatoms. The molecule has 0 aromatic carbocycles. The van der Waals surface area contributed by atoms with Crippen molar-refractivity contribution in [3.63, 3.8) is 0 Å². The summed E-state index contributed by atoms with van der Waals surface area (Å²) in [6, 6.07) is 5.07. The number of nitrogens with zero attached hydrogens (tertiary/aromatic N) is 2. The molecule has 0 radical (unpaired) electrons. The number of piperidine rings is 1. The van der Waals surface area contributed by atoms with Gasteiger partial charge in [0.25, 0.3) is 0 Å². The van der Waals surface area contributed by atoms with E-state index in [-0.39, 0.29) is 0 Å². The van der Waals surface area contributed by atoms with E-state index in [9.17, 15) is 0 Å². The number of likely N-dealkylation sites (tertiary alicyclic amines) is 1. The summed E-state index contributed by atoms with van der Waals surface area (Å²) >= 11 is 5.88. The van der Waals surface area contributed by atoms with Crippen molar-refractivity contribution in [3.05, 3.63) is 24.2 Å². The van der Waals surface area contributed by atoms with Crippen molar-refractivity contribution >= 4 is 17.3 Å². The number of nitrogens with one attached hydrogen (secondary N) is 1. The normalized spacial score (nSPS) is 21.5. The third-order valence-electron chi connectivity index (χ3n) is 5.73. The highest BCUT2D eigenvalue weighted by Gasteiger charge is 2.27. The van der Waals surface area contributed by atoms with E-state index in [1.807, 2.05) is 6.07 Å². The first-order chi connectivity index (χ1) is 12.2. The van der Waals surface area contributed by atoms with Crippen LogP contribution in [0.4, 0.5) is 0 Å². The minimum absolute atomic E-state index is 0.509. The highest BCUT2D eigenvalue weighted by atomic mass is 32.1. The first-order valence-electron chi connectivity index (χ1n) is 10.0. The number of rotatable bonds is 4. The van der Waals surface area contributed by atoms with Gasteiger partial charge in [0.1, 0.15) is 5.76 Å². The van der Waals surface area contributed by atoms with Crippen molar-refractivity contribution in [1.82, 2.24) is 15.1 Å². The molecule has 1 N–H and O–H groups in total. The van der Waals surface area contributed by atoms with Gasteiger partial charge < -0.3 is 19.5 Å². The zero-order valence-corrected chi connectivity index (χ0v) is 16.4. The molecular weight excluding hydrogens is 330 g/mol. The standard InChI is InChI=1S/C20H33N3OS/c1-22-13-11-18(12-14-22)23(16-19-10-7-15-24-19)20(25)21-17-8-5-3-2-4-6-9-17/h7,10,15,17-18H,2-6,8-9,11-14,16H2,1H3,(H,21,25). The number of furan rings is 1. The van der Waals surface area contributed by atoms with Crippen molar-refractivity contribution in [2.45, 2.75) is 76.4 Å². The molecule has 4 nitrogen and oxygen atoms in total. The molecule has 25 heavy (non-hydrogen) atoms. The fourth-order valence-electron chi connectivity index (χ4n) is 4.10. The van der Waals surface area contributed by atoms with E-state index < -0.39 is 0 Å². The van der Waals surface area contributed by atoms with E-state index in [4.69, 9.17) is 16.6 Å². The molecular formula is C20H33N3OS. The molecule has 2 aliphatic rings. The van der Waals surface area contributed by atoms with Crippen LogP contribution in [0.25, 0.3) is 0 Å². The minimum Gasteiger partial charge on any atom is -0.467 e. The number of thiocarbonyl (C=S) groups is 1. The molecule has 1 aromatic rings. The maximum Gasteiger partial charge on any atom is 0.169 e. The lowest BCUT2D eigenvalue weighted by Gasteiger charge is -2.39. The van der Waals surface area contributed by atoms with Gasteiger partial charge in [0, 0.05) is 12.1 Å². The Labute approximate surface area is 157 Å². The number of hydrogen-bond donors (Lipinski definition) is 1. The van der Waals surface area contributed by atoms with Crippen molar-refractivity contribution in [1.29, 1.82) is 0 Å². The van der Waals surface area contributed by atoms with Crippen molar-refractivity contribution in [2.24, 2.45) is 0 Å². The third kappa shape index (κ3) is 5.71. The average Bonchev–Trinajstić information content (AvgIpc) is 3.09. The predicted molar refractivity (Wildman–Crippen MR) is 107 cm³/mol. The molecule has 1 aromatic heterocycles. The molecule has 1 saturated carbocycles. The Morgan fingerprint density at radius 3 is 2.48 bits per heavy atom. The summed E-state index contributed by atoms with van der Waals surface area (Å²) in [4.78, 5) is 4.80. The van der Waals surface area contributed by atoms with Gasteiger partial charge in [-0.05, 0) is 70.2 Å². The summed E-state index contributed by atoms with van der Waals surface area (Å²) in [6.45, 7) is 3.07. The molecule has 3 rings (SSSR count). The zero-order valence-electron chi connectivity index (χ0n) is 15.6. The topological polar surface area (TPSA) is 31.6 Å². The Morgan fingerprint density at radius 2 is 1.84 bits per heavy atom. The van der Waals surface area contributed by atoms with E-state index in [1.165, 1.54) is 57.8 Å². The monoisotopic (exact) mass is 363 g/mol. The molecule has 1 saturated heterocycles. The summed E-state index contributed by atoms with van der Waals surface area (Å²) in [6.07, 6.45) is 13.4. The van der Waals surface area contributed by atoms with Crippen LogP contribution in [-0.4, -0.2) is 47.1 Å². The molecule has 1 aliphatic heterocycles. The Hall–Kier alpha value is -1.07. The zero-order chi connectivity index (χ0) is 17.5. The lowest BCUT2D eigenvalue weighted by Crippen LogP contribution is -2.51. The maximum absolute atomic E-state index is 5.88. The van der Waals surface area contributed by atoms with E-state index in [0.717, 1.165) is 30.5 Å². The van der Waals surface area contributed by atoms with Crippen LogP contribution in [0.5, 0.6) is 0 Å². The molecule has 0 spiro atoms. The first kappa shape index (κ1) is 18.7. The molecule has 2 heterocycles. The van der Waals surface area contributed by atoms with E-state index in [2.05, 4.69) is 28.2 Å². The van der Waals surface area contributed by atoms with Crippen LogP contribution in [0.1, 0.15) is 63.5 Å². The smallest absolute Gasteiger partial charge is 0.169 e. The van der Waals surface area contributed by atoms with Crippen LogP contribution in [0, 0.1) is 0 Å². The second kappa shape index (κ2) is 9.58. The van der Waals surface area contributed by atoms with Crippen LogP contribution < -0.4 is 5.32 Å². The fourth-order valence-corrected chi connectivity index (χ4v) is 4.48. The Balaban J connectivity index is 1.63. The Morgan fingerprint density at radius 1 is 1.16 bits per heavy atom. The minimum atomic E-state index is 0.509.